The summed E-state index contributed by atoms with van der Waals surface area (Å²) in [7, 11) is 0. The van der Waals surface area contributed by atoms with Gasteiger partial charge >= 0.3 is 5.92 Å². The Hall–Kier alpha value is -1.71. The number of aliphatic hydroxyl groups is 2. The number of hydrogen-bond acceptors (Lipinski definition) is 4. The molecule has 2 aliphatic rings. The normalized spacial score (nSPS) is 31.9. The van der Waals surface area contributed by atoms with Crippen molar-refractivity contribution < 1.29 is 28.5 Å². The zero-order valence-electron chi connectivity index (χ0n) is 16.5. The Balaban J connectivity index is 2.06. The van der Waals surface area contributed by atoms with Gasteiger partial charge in [0.15, 0.2) is 5.76 Å². The second kappa shape index (κ2) is 10.2. The number of allylic oxidation sites excluding steroid dienone is 2. The molecule has 0 aromatic heterocycles. The standard InChI is InChI=1S/C22H30F2O4/c1-3-4-6-9-15(2)17(26)12-11-16-18(27)14-19-21(16)22(23,24)20(28-19)10-7-5-8-13-25/h10-13,15-19,21,26-27H,3,5,7-9,14H2,1-2H3/b12-11+,20-10-/t15-,16-,17+,18+,19-,21+/m0/s1. The predicted octanol–water partition coefficient (Wildman–Crippen LogP) is 3.63. The third-order valence-corrected chi connectivity index (χ3v) is 5.45. The van der Waals surface area contributed by atoms with Crippen molar-refractivity contribution in [1.29, 1.82) is 0 Å². The first kappa shape index (κ1) is 22.6. The third-order valence-electron chi connectivity index (χ3n) is 5.45. The van der Waals surface area contributed by atoms with E-state index in [1.165, 1.54) is 18.2 Å². The summed E-state index contributed by atoms with van der Waals surface area (Å²) in [6, 6.07) is 0. The molecule has 2 rings (SSSR count). The molecule has 2 fully saturated rings. The van der Waals surface area contributed by atoms with E-state index < -0.39 is 36.1 Å². The minimum Gasteiger partial charge on any atom is -0.488 e. The first-order valence-electron chi connectivity index (χ1n) is 10.0. The van der Waals surface area contributed by atoms with Crippen LogP contribution in [-0.4, -0.2) is 40.7 Å². The van der Waals surface area contributed by atoms with Crippen LogP contribution < -0.4 is 0 Å². The number of aliphatic hydroxyl groups excluding tert-OH is 2. The Bertz CT molecular complexity index is 647. The average Bonchev–Trinajstić information content (AvgIpc) is 3.09. The molecule has 2 N–H and O–H groups in total. The van der Waals surface area contributed by atoms with Gasteiger partial charge in [-0.05, 0) is 24.8 Å². The Morgan fingerprint density at radius 2 is 2.11 bits per heavy atom. The van der Waals surface area contributed by atoms with Gasteiger partial charge < -0.3 is 19.7 Å². The van der Waals surface area contributed by atoms with Gasteiger partial charge in [0.2, 0.25) is 0 Å². The maximum atomic E-state index is 14.9. The minimum atomic E-state index is -3.18. The van der Waals surface area contributed by atoms with Crippen molar-refractivity contribution in [3.8, 4) is 11.8 Å². The summed E-state index contributed by atoms with van der Waals surface area (Å²) in [5.74, 6) is 0.310. The zero-order valence-corrected chi connectivity index (χ0v) is 16.5. The van der Waals surface area contributed by atoms with Crippen molar-refractivity contribution in [2.45, 2.75) is 76.6 Å². The largest absolute Gasteiger partial charge is 0.488 e. The van der Waals surface area contributed by atoms with Gasteiger partial charge in [0, 0.05) is 31.6 Å². The molecule has 1 aliphatic heterocycles. The minimum absolute atomic E-state index is 0.127. The summed E-state index contributed by atoms with van der Waals surface area (Å²) in [6.45, 7) is 3.79. The van der Waals surface area contributed by atoms with Gasteiger partial charge in [-0.15, -0.1) is 11.8 Å². The van der Waals surface area contributed by atoms with Crippen LogP contribution in [-0.2, 0) is 9.53 Å². The molecule has 6 heteroatoms. The topological polar surface area (TPSA) is 66.8 Å². The van der Waals surface area contributed by atoms with E-state index in [1.807, 2.05) is 13.8 Å². The van der Waals surface area contributed by atoms with Crippen LogP contribution in [0.15, 0.2) is 24.0 Å². The van der Waals surface area contributed by atoms with Crippen LogP contribution in [0.25, 0.3) is 0 Å². The molecule has 4 nitrogen and oxygen atoms in total. The molecule has 0 aromatic rings. The molecule has 0 amide bonds. The van der Waals surface area contributed by atoms with Gasteiger partial charge in [-0.2, -0.15) is 8.78 Å². The number of hydrogen-bond donors (Lipinski definition) is 2. The number of aldehydes is 1. The highest BCUT2D eigenvalue weighted by atomic mass is 19.3. The number of carbonyl (C=O) groups is 1. The van der Waals surface area contributed by atoms with Gasteiger partial charge in [0.25, 0.3) is 0 Å². The predicted molar refractivity (Wildman–Crippen MR) is 102 cm³/mol. The van der Waals surface area contributed by atoms with Crippen molar-refractivity contribution >= 4 is 6.29 Å². The fraction of sp³-hybridized carbons (Fsp3) is 0.682. The molecule has 28 heavy (non-hydrogen) atoms. The lowest BCUT2D eigenvalue weighted by atomic mass is 9.87. The first-order chi connectivity index (χ1) is 13.3. The Morgan fingerprint density at radius 1 is 1.36 bits per heavy atom. The number of alkyl halides is 2. The quantitative estimate of drug-likeness (QED) is 0.285. The van der Waals surface area contributed by atoms with E-state index >= 15 is 0 Å². The highest BCUT2D eigenvalue weighted by Gasteiger charge is 2.63. The Labute approximate surface area is 165 Å². The SMILES string of the molecule is CCC#CC[C@H](C)[C@H](O)/C=C/[C@@H]1[C@@H]2[C@H](C[C@H]1O)O/C(=C\CCCC=O)C2(F)F. The number of carbonyl (C=O) groups excluding carboxylic acids is 1. The molecule has 0 spiro atoms. The lowest BCUT2D eigenvalue weighted by Gasteiger charge is -2.23. The molecule has 0 bridgehead atoms. The first-order valence-corrected chi connectivity index (χ1v) is 10.0. The van der Waals surface area contributed by atoms with E-state index in [1.54, 1.807) is 0 Å². The van der Waals surface area contributed by atoms with Crippen molar-refractivity contribution in [2.75, 3.05) is 0 Å². The summed E-state index contributed by atoms with van der Waals surface area (Å²) in [4.78, 5) is 10.4. The molecule has 1 aliphatic carbocycles. The smallest absolute Gasteiger partial charge is 0.310 e. The van der Waals surface area contributed by atoms with E-state index in [4.69, 9.17) is 4.74 Å². The van der Waals surface area contributed by atoms with E-state index in [2.05, 4.69) is 11.8 Å². The van der Waals surface area contributed by atoms with Crippen molar-refractivity contribution in [2.24, 2.45) is 17.8 Å². The van der Waals surface area contributed by atoms with Gasteiger partial charge in [-0.25, -0.2) is 0 Å². The van der Waals surface area contributed by atoms with Gasteiger partial charge in [-0.3, -0.25) is 0 Å². The molecule has 1 saturated carbocycles. The van der Waals surface area contributed by atoms with Crippen molar-refractivity contribution in [3.63, 3.8) is 0 Å². The summed E-state index contributed by atoms with van der Waals surface area (Å²) >= 11 is 0. The van der Waals surface area contributed by atoms with Crippen LogP contribution >= 0.6 is 0 Å². The Kier molecular flexibility index (Phi) is 8.21. The maximum Gasteiger partial charge on any atom is 0.310 e. The monoisotopic (exact) mass is 396 g/mol. The molecule has 0 radical (unpaired) electrons. The number of halogens is 2. The van der Waals surface area contributed by atoms with Gasteiger partial charge in [0.05, 0.1) is 18.1 Å². The summed E-state index contributed by atoms with van der Waals surface area (Å²) in [6.07, 6.45) is 5.20. The van der Waals surface area contributed by atoms with E-state index in [9.17, 15) is 23.8 Å². The number of fused-ring (bicyclic) bond motifs is 1. The molecule has 156 valence electrons. The molecule has 1 saturated heterocycles. The second-order valence-corrected chi connectivity index (χ2v) is 7.62. The highest BCUT2D eigenvalue weighted by molar-refractivity contribution is 5.49. The van der Waals surface area contributed by atoms with Crippen LogP contribution in [0.1, 0.15) is 52.4 Å². The highest BCUT2D eigenvalue weighted by Crippen LogP contribution is 2.54. The summed E-state index contributed by atoms with van der Waals surface area (Å²) in [5, 5.41) is 20.5. The summed E-state index contributed by atoms with van der Waals surface area (Å²) in [5.41, 5.74) is 0. The fourth-order valence-corrected chi connectivity index (χ4v) is 3.81. The maximum absolute atomic E-state index is 14.9. The molecular weight excluding hydrogens is 366 g/mol. The fourth-order valence-electron chi connectivity index (χ4n) is 3.81. The number of unbranched alkanes of at least 4 members (excludes halogenated alkanes) is 2. The van der Waals surface area contributed by atoms with E-state index in [0.29, 0.717) is 25.7 Å². The van der Waals surface area contributed by atoms with Crippen LogP contribution in [0.5, 0.6) is 0 Å². The van der Waals surface area contributed by atoms with Gasteiger partial charge in [-0.1, -0.05) is 26.0 Å². The van der Waals surface area contributed by atoms with Crippen LogP contribution in [0.2, 0.25) is 0 Å². The molecular formula is C22H30F2O4. The van der Waals surface area contributed by atoms with Crippen molar-refractivity contribution in [3.05, 3.63) is 24.0 Å². The molecule has 0 aromatic carbocycles. The Morgan fingerprint density at radius 3 is 2.79 bits per heavy atom. The number of ether oxygens (including phenoxy) is 1. The average molecular weight is 396 g/mol. The molecule has 0 unspecified atom stereocenters. The lowest BCUT2D eigenvalue weighted by Crippen LogP contribution is -2.33. The summed E-state index contributed by atoms with van der Waals surface area (Å²) < 4.78 is 35.2. The zero-order chi connectivity index (χ0) is 20.7. The van der Waals surface area contributed by atoms with E-state index in [-0.39, 0.29) is 18.1 Å². The molecule has 1 heterocycles. The lowest BCUT2D eigenvalue weighted by molar-refractivity contribution is -0.107. The van der Waals surface area contributed by atoms with Crippen LogP contribution in [0.3, 0.4) is 0 Å². The molecule has 6 atom stereocenters. The van der Waals surface area contributed by atoms with Crippen LogP contribution in [0.4, 0.5) is 8.78 Å². The van der Waals surface area contributed by atoms with Gasteiger partial charge in [0.1, 0.15) is 12.4 Å². The third kappa shape index (κ3) is 5.21. The number of rotatable bonds is 8. The second-order valence-electron chi connectivity index (χ2n) is 7.62. The van der Waals surface area contributed by atoms with Crippen LogP contribution in [0, 0.1) is 29.6 Å². The van der Waals surface area contributed by atoms with E-state index in [0.717, 1.165) is 12.7 Å². The van der Waals surface area contributed by atoms with Crippen molar-refractivity contribution in [1.82, 2.24) is 0 Å².